The number of H-pyrrole nitrogens is 1. The largest absolute Gasteiger partial charge is 0.341 e. The van der Waals surface area contributed by atoms with Gasteiger partial charge in [-0.3, -0.25) is 5.10 Å². The van der Waals surface area contributed by atoms with Crippen LogP contribution in [0.2, 0.25) is 0 Å². The molecule has 6 heteroatoms. The standard InChI is InChI=1S/C11H14N5O/c1-11(2,9-6-12-16-17-9)5-8-10(7-3-4-7)14-15-13-8/h7H,3-5H2,1-2H3,(H,13,14,15). The third-order valence-electron chi connectivity index (χ3n) is 3.19. The summed E-state index contributed by atoms with van der Waals surface area (Å²) in [6.45, 7) is 4.13. The molecule has 2 aromatic rings. The van der Waals surface area contributed by atoms with Gasteiger partial charge in [-0.25, -0.2) is 0 Å². The number of aromatic nitrogens is 5. The smallest absolute Gasteiger partial charge is 0.172 e. The maximum atomic E-state index is 5.09. The average molecular weight is 232 g/mol. The highest BCUT2D eigenvalue weighted by atomic mass is 16.5. The SMILES string of the molecule is CC(C)(Cc1nn[nH]c1C1CC1)c1[c]nno1. The molecule has 1 saturated carbocycles. The predicted molar refractivity (Wildman–Crippen MR) is 58.2 cm³/mol. The van der Waals surface area contributed by atoms with Crippen molar-refractivity contribution in [3.8, 4) is 0 Å². The molecule has 1 aliphatic rings. The van der Waals surface area contributed by atoms with Crippen molar-refractivity contribution < 1.29 is 4.52 Å². The van der Waals surface area contributed by atoms with E-state index in [-0.39, 0.29) is 5.41 Å². The number of nitrogens with one attached hydrogen (secondary N) is 1. The first-order valence-electron chi connectivity index (χ1n) is 5.77. The van der Waals surface area contributed by atoms with Gasteiger partial charge < -0.3 is 4.52 Å². The summed E-state index contributed by atoms with van der Waals surface area (Å²) in [5.74, 6) is 1.27. The maximum Gasteiger partial charge on any atom is 0.172 e. The molecule has 0 aromatic carbocycles. The van der Waals surface area contributed by atoms with E-state index in [0.29, 0.717) is 11.7 Å². The van der Waals surface area contributed by atoms with Crippen LogP contribution in [0.5, 0.6) is 0 Å². The van der Waals surface area contributed by atoms with E-state index >= 15 is 0 Å². The number of rotatable bonds is 4. The summed E-state index contributed by atoms with van der Waals surface area (Å²) < 4.78 is 5.09. The molecule has 0 bridgehead atoms. The summed E-state index contributed by atoms with van der Waals surface area (Å²) in [4.78, 5) is 0. The Bertz CT molecular complexity index is 498. The molecule has 1 N–H and O–H groups in total. The third kappa shape index (κ3) is 1.94. The van der Waals surface area contributed by atoms with E-state index in [1.165, 1.54) is 18.5 Å². The number of aromatic amines is 1. The molecule has 1 aliphatic carbocycles. The Labute approximate surface area is 98.8 Å². The summed E-state index contributed by atoms with van der Waals surface area (Å²) in [7, 11) is 0. The molecule has 89 valence electrons. The Hall–Kier alpha value is -1.72. The number of nitrogens with zero attached hydrogens (tertiary/aromatic N) is 4. The molecular weight excluding hydrogens is 218 g/mol. The lowest BCUT2D eigenvalue weighted by molar-refractivity contribution is 0.302. The molecule has 6 nitrogen and oxygen atoms in total. The molecule has 0 unspecified atom stereocenters. The summed E-state index contributed by atoms with van der Waals surface area (Å²) in [6, 6.07) is 0. The van der Waals surface area contributed by atoms with Crippen LogP contribution in [0.4, 0.5) is 0 Å². The van der Waals surface area contributed by atoms with Gasteiger partial charge in [-0.05, 0) is 12.8 Å². The Balaban J connectivity index is 1.84. The van der Waals surface area contributed by atoms with Crippen LogP contribution >= 0.6 is 0 Å². The van der Waals surface area contributed by atoms with Crippen LogP contribution in [0.15, 0.2) is 4.52 Å². The minimum absolute atomic E-state index is 0.218. The summed E-state index contributed by atoms with van der Waals surface area (Å²) in [6.07, 6.45) is 5.98. The molecule has 0 saturated heterocycles. The van der Waals surface area contributed by atoms with Crippen molar-refractivity contribution in [3.63, 3.8) is 0 Å². The van der Waals surface area contributed by atoms with Crippen LogP contribution in [0.3, 0.4) is 0 Å². The maximum absolute atomic E-state index is 5.09. The van der Waals surface area contributed by atoms with E-state index in [4.69, 9.17) is 4.52 Å². The quantitative estimate of drug-likeness (QED) is 0.861. The van der Waals surface area contributed by atoms with E-state index in [0.717, 1.165) is 12.1 Å². The van der Waals surface area contributed by atoms with Crippen LogP contribution in [0.1, 0.15) is 49.8 Å². The van der Waals surface area contributed by atoms with Crippen molar-refractivity contribution >= 4 is 0 Å². The topological polar surface area (TPSA) is 80.5 Å². The Morgan fingerprint density at radius 1 is 1.47 bits per heavy atom. The van der Waals surface area contributed by atoms with E-state index in [9.17, 15) is 0 Å². The highest BCUT2D eigenvalue weighted by molar-refractivity contribution is 5.22. The highest BCUT2D eigenvalue weighted by Gasteiger charge is 2.33. The van der Waals surface area contributed by atoms with Crippen molar-refractivity contribution in [2.75, 3.05) is 0 Å². The van der Waals surface area contributed by atoms with Gasteiger partial charge in [-0.1, -0.05) is 19.1 Å². The Morgan fingerprint density at radius 3 is 2.94 bits per heavy atom. The van der Waals surface area contributed by atoms with Gasteiger partial charge in [0, 0.05) is 23.0 Å². The van der Waals surface area contributed by atoms with Crippen LogP contribution in [0.25, 0.3) is 0 Å². The molecule has 0 atom stereocenters. The Kier molecular flexibility index (Phi) is 2.24. The minimum atomic E-state index is -0.218. The van der Waals surface area contributed by atoms with E-state index in [2.05, 4.69) is 45.8 Å². The van der Waals surface area contributed by atoms with Crippen molar-refractivity contribution in [1.82, 2.24) is 25.8 Å². The lowest BCUT2D eigenvalue weighted by Crippen LogP contribution is -2.21. The van der Waals surface area contributed by atoms with E-state index < -0.39 is 0 Å². The molecule has 3 rings (SSSR count). The third-order valence-corrected chi connectivity index (χ3v) is 3.19. The molecule has 0 aliphatic heterocycles. The van der Waals surface area contributed by atoms with Gasteiger partial charge in [-0.2, -0.15) is 0 Å². The fraction of sp³-hybridized carbons (Fsp3) is 0.636. The zero-order valence-electron chi connectivity index (χ0n) is 9.90. The van der Waals surface area contributed by atoms with Crippen molar-refractivity contribution in [1.29, 1.82) is 0 Å². The second kappa shape index (κ2) is 3.65. The van der Waals surface area contributed by atoms with Crippen molar-refractivity contribution in [3.05, 3.63) is 23.3 Å². The normalized spacial score (nSPS) is 16.4. The van der Waals surface area contributed by atoms with Gasteiger partial charge in [0.15, 0.2) is 12.0 Å². The van der Waals surface area contributed by atoms with Gasteiger partial charge in [0.1, 0.15) is 0 Å². The van der Waals surface area contributed by atoms with Gasteiger partial charge >= 0.3 is 0 Å². The first-order valence-corrected chi connectivity index (χ1v) is 5.77. The van der Waals surface area contributed by atoms with Crippen molar-refractivity contribution in [2.45, 2.75) is 44.4 Å². The van der Waals surface area contributed by atoms with Crippen LogP contribution in [-0.2, 0) is 11.8 Å². The van der Waals surface area contributed by atoms with Crippen LogP contribution < -0.4 is 0 Å². The molecule has 2 heterocycles. The fourth-order valence-corrected chi connectivity index (χ4v) is 2.01. The summed E-state index contributed by atoms with van der Waals surface area (Å²) >= 11 is 0. The predicted octanol–water partition coefficient (Wildman–Crippen LogP) is 1.39. The molecule has 17 heavy (non-hydrogen) atoms. The lowest BCUT2D eigenvalue weighted by atomic mass is 9.85. The van der Waals surface area contributed by atoms with Gasteiger partial charge in [-0.15, -0.1) is 10.2 Å². The summed E-state index contributed by atoms with van der Waals surface area (Å²) in [5.41, 5.74) is 1.97. The molecular formula is C11H14N5O. The van der Waals surface area contributed by atoms with Crippen molar-refractivity contribution in [2.24, 2.45) is 0 Å². The van der Waals surface area contributed by atoms with Crippen LogP contribution in [-0.4, -0.2) is 25.8 Å². The second-order valence-electron chi connectivity index (χ2n) is 5.22. The zero-order chi connectivity index (χ0) is 11.9. The first-order chi connectivity index (χ1) is 8.17. The average Bonchev–Trinajstić information content (AvgIpc) is 2.82. The number of hydrogen-bond acceptors (Lipinski definition) is 5. The molecule has 0 spiro atoms. The molecule has 1 fully saturated rings. The monoisotopic (exact) mass is 232 g/mol. The molecule has 1 radical (unpaired) electrons. The van der Waals surface area contributed by atoms with E-state index in [1.807, 2.05) is 0 Å². The van der Waals surface area contributed by atoms with Gasteiger partial charge in [0.05, 0.1) is 11.4 Å². The summed E-state index contributed by atoms with van der Waals surface area (Å²) in [5, 5.41) is 18.1. The van der Waals surface area contributed by atoms with Gasteiger partial charge in [0.25, 0.3) is 0 Å². The first kappa shape index (κ1) is 10.4. The highest BCUT2D eigenvalue weighted by Crippen LogP contribution is 2.41. The van der Waals surface area contributed by atoms with Gasteiger partial charge in [0.2, 0.25) is 0 Å². The minimum Gasteiger partial charge on any atom is -0.341 e. The molecule has 0 amide bonds. The zero-order valence-corrected chi connectivity index (χ0v) is 9.90. The lowest BCUT2D eigenvalue weighted by Gasteiger charge is -2.19. The Morgan fingerprint density at radius 2 is 2.29 bits per heavy atom. The number of hydrogen-bond donors (Lipinski definition) is 1. The second-order valence-corrected chi connectivity index (χ2v) is 5.22. The van der Waals surface area contributed by atoms with Crippen LogP contribution in [0, 0.1) is 6.20 Å². The molecule has 2 aromatic heterocycles. The van der Waals surface area contributed by atoms with E-state index in [1.54, 1.807) is 0 Å². The fourth-order valence-electron chi connectivity index (χ4n) is 2.01.